The Morgan fingerprint density at radius 3 is 2.89 bits per heavy atom. The standard InChI is InChI=1S/C15H22ClNS/c1-2-3-4-10-18-15-12(6-5-7-14(15)16)11-17-13-8-9-13/h5-7,13,17H,2-4,8-11H2,1H3. The van der Waals surface area contributed by atoms with E-state index in [1.807, 2.05) is 17.8 Å². The first kappa shape index (κ1) is 14.2. The Hall–Kier alpha value is -0.180. The van der Waals surface area contributed by atoms with Gasteiger partial charge in [0.1, 0.15) is 0 Å². The zero-order valence-electron chi connectivity index (χ0n) is 11.0. The molecular weight excluding hydrogens is 262 g/mol. The second-order valence-corrected chi connectivity index (χ2v) is 6.45. The van der Waals surface area contributed by atoms with Gasteiger partial charge in [-0.25, -0.2) is 0 Å². The molecule has 0 unspecified atom stereocenters. The number of halogens is 1. The molecular formula is C15H22ClNS. The summed E-state index contributed by atoms with van der Waals surface area (Å²) < 4.78 is 0. The highest BCUT2D eigenvalue weighted by Crippen LogP contribution is 2.32. The zero-order chi connectivity index (χ0) is 12.8. The van der Waals surface area contributed by atoms with Crippen LogP contribution in [0, 0.1) is 0 Å². The monoisotopic (exact) mass is 283 g/mol. The van der Waals surface area contributed by atoms with Crippen LogP contribution in [0.2, 0.25) is 5.02 Å². The lowest BCUT2D eigenvalue weighted by Crippen LogP contribution is -2.15. The van der Waals surface area contributed by atoms with Crippen LogP contribution in [0.15, 0.2) is 23.1 Å². The summed E-state index contributed by atoms with van der Waals surface area (Å²) in [6.45, 7) is 3.20. The van der Waals surface area contributed by atoms with Crippen LogP contribution in [0.25, 0.3) is 0 Å². The maximum Gasteiger partial charge on any atom is 0.0545 e. The van der Waals surface area contributed by atoms with Crippen molar-refractivity contribution in [3.05, 3.63) is 28.8 Å². The first-order chi connectivity index (χ1) is 8.81. The summed E-state index contributed by atoms with van der Waals surface area (Å²) in [6.07, 6.45) is 6.53. The smallest absolute Gasteiger partial charge is 0.0545 e. The fourth-order valence-corrected chi connectivity index (χ4v) is 3.36. The molecule has 0 aromatic heterocycles. The average molecular weight is 284 g/mol. The molecule has 1 fully saturated rings. The topological polar surface area (TPSA) is 12.0 Å². The third-order valence-corrected chi connectivity index (χ3v) is 4.89. The number of hydrogen-bond acceptors (Lipinski definition) is 2. The van der Waals surface area contributed by atoms with Crippen LogP contribution in [0.3, 0.4) is 0 Å². The quantitative estimate of drug-likeness (QED) is 0.539. The van der Waals surface area contributed by atoms with E-state index in [0.717, 1.165) is 17.6 Å². The van der Waals surface area contributed by atoms with Crippen molar-refractivity contribution in [3.63, 3.8) is 0 Å². The normalized spacial score (nSPS) is 15.0. The first-order valence-corrected chi connectivity index (χ1v) is 8.31. The molecule has 0 saturated heterocycles. The van der Waals surface area contributed by atoms with Crippen LogP contribution >= 0.6 is 23.4 Å². The highest BCUT2D eigenvalue weighted by atomic mass is 35.5. The van der Waals surface area contributed by atoms with E-state index >= 15 is 0 Å². The second-order valence-electron chi connectivity index (χ2n) is 4.94. The number of hydrogen-bond donors (Lipinski definition) is 1. The van der Waals surface area contributed by atoms with E-state index in [1.54, 1.807) is 0 Å². The molecule has 0 aliphatic heterocycles. The molecule has 0 bridgehead atoms. The van der Waals surface area contributed by atoms with Crippen molar-refractivity contribution in [2.24, 2.45) is 0 Å². The maximum atomic E-state index is 6.32. The van der Waals surface area contributed by atoms with Gasteiger partial charge in [-0.05, 0) is 36.6 Å². The van der Waals surface area contributed by atoms with Gasteiger partial charge in [0.2, 0.25) is 0 Å². The summed E-state index contributed by atoms with van der Waals surface area (Å²) >= 11 is 8.24. The van der Waals surface area contributed by atoms with Gasteiger partial charge in [-0.15, -0.1) is 11.8 Å². The van der Waals surface area contributed by atoms with E-state index in [2.05, 4.69) is 24.4 Å². The van der Waals surface area contributed by atoms with Gasteiger partial charge in [-0.3, -0.25) is 0 Å². The van der Waals surface area contributed by atoms with E-state index in [1.165, 1.54) is 48.3 Å². The predicted octanol–water partition coefficient (Wildman–Crippen LogP) is 4.87. The molecule has 0 atom stereocenters. The number of thioether (sulfide) groups is 1. The third kappa shape index (κ3) is 4.49. The van der Waals surface area contributed by atoms with Crippen LogP contribution in [0.4, 0.5) is 0 Å². The lowest BCUT2D eigenvalue weighted by molar-refractivity contribution is 0.680. The lowest BCUT2D eigenvalue weighted by atomic mass is 10.2. The number of rotatable bonds is 8. The molecule has 1 aromatic carbocycles. The molecule has 18 heavy (non-hydrogen) atoms. The number of unbranched alkanes of at least 4 members (excludes halogenated alkanes) is 2. The van der Waals surface area contributed by atoms with E-state index in [0.29, 0.717) is 0 Å². The second kappa shape index (κ2) is 7.42. The summed E-state index contributed by atoms with van der Waals surface area (Å²) in [5, 5.41) is 4.48. The molecule has 0 radical (unpaired) electrons. The summed E-state index contributed by atoms with van der Waals surface area (Å²) in [6, 6.07) is 7.01. The summed E-state index contributed by atoms with van der Waals surface area (Å²) in [5.41, 5.74) is 1.36. The Labute approximate surface area is 120 Å². The molecule has 1 nitrogen and oxygen atoms in total. The average Bonchev–Trinajstić information content (AvgIpc) is 3.18. The van der Waals surface area contributed by atoms with Gasteiger partial charge in [0.25, 0.3) is 0 Å². The highest BCUT2D eigenvalue weighted by molar-refractivity contribution is 7.99. The molecule has 0 spiro atoms. The van der Waals surface area contributed by atoms with Crippen molar-refractivity contribution < 1.29 is 0 Å². The summed E-state index contributed by atoms with van der Waals surface area (Å²) in [7, 11) is 0. The Balaban J connectivity index is 1.91. The Bertz CT molecular complexity index is 377. The maximum absolute atomic E-state index is 6.32. The van der Waals surface area contributed by atoms with Crippen molar-refractivity contribution in [3.8, 4) is 0 Å². The van der Waals surface area contributed by atoms with Gasteiger partial charge >= 0.3 is 0 Å². The van der Waals surface area contributed by atoms with Crippen molar-refractivity contribution in [2.75, 3.05) is 5.75 Å². The highest BCUT2D eigenvalue weighted by Gasteiger charge is 2.20. The molecule has 1 N–H and O–H groups in total. The molecule has 1 aliphatic carbocycles. The SMILES string of the molecule is CCCCCSc1c(Cl)cccc1CNC1CC1. The molecule has 1 aliphatic rings. The van der Waals surface area contributed by atoms with Crippen LogP contribution in [-0.4, -0.2) is 11.8 Å². The van der Waals surface area contributed by atoms with E-state index < -0.39 is 0 Å². The van der Waals surface area contributed by atoms with Gasteiger partial charge in [0.15, 0.2) is 0 Å². The van der Waals surface area contributed by atoms with E-state index in [-0.39, 0.29) is 0 Å². The fraction of sp³-hybridized carbons (Fsp3) is 0.600. The van der Waals surface area contributed by atoms with Crippen molar-refractivity contribution in [1.82, 2.24) is 5.32 Å². The molecule has 1 saturated carbocycles. The van der Waals surface area contributed by atoms with Crippen LogP contribution < -0.4 is 5.32 Å². The van der Waals surface area contributed by atoms with Gasteiger partial charge in [0, 0.05) is 17.5 Å². The number of benzene rings is 1. The predicted molar refractivity (Wildman–Crippen MR) is 81.6 cm³/mol. The van der Waals surface area contributed by atoms with Crippen LogP contribution in [0.5, 0.6) is 0 Å². The largest absolute Gasteiger partial charge is 0.310 e. The molecule has 0 amide bonds. The van der Waals surface area contributed by atoms with Gasteiger partial charge < -0.3 is 5.32 Å². The van der Waals surface area contributed by atoms with Crippen LogP contribution in [-0.2, 0) is 6.54 Å². The van der Waals surface area contributed by atoms with E-state index in [9.17, 15) is 0 Å². The molecule has 1 aromatic rings. The Morgan fingerprint density at radius 2 is 2.17 bits per heavy atom. The summed E-state index contributed by atoms with van der Waals surface area (Å²) in [5.74, 6) is 1.17. The third-order valence-electron chi connectivity index (χ3n) is 3.20. The van der Waals surface area contributed by atoms with Crippen molar-refractivity contribution in [1.29, 1.82) is 0 Å². The van der Waals surface area contributed by atoms with Gasteiger partial charge in [0.05, 0.1) is 5.02 Å². The van der Waals surface area contributed by atoms with E-state index in [4.69, 9.17) is 11.6 Å². The Kier molecular flexibility index (Phi) is 5.87. The minimum Gasteiger partial charge on any atom is -0.310 e. The molecule has 2 rings (SSSR count). The van der Waals surface area contributed by atoms with Gasteiger partial charge in [-0.2, -0.15) is 0 Å². The first-order valence-electron chi connectivity index (χ1n) is 6.95. The van der Waals surface area contributed by atoms with Gasteiger partial charge in [-0.1, -0.05) is 43.5 Å². The molecule has 100 valence electrons. The molecule has 0 heterocycles. The van der Waals surface area contributed by atoms with Crippen molar-refractivity contribution >= 4 is 23.4 Å². The lowest BCUT2D eigenvalue weighted by Gasteiger charge is -2.11. The minimum absolute atomic E-state index is 0.752. The zero-order valence-corrected chi connectivity index (χ0v) is 12.6. The minimum atomic E-state index is 0.752. The Morgan fingerprint density at radius 1 is 1.33 bits per heavy atom. The summed E-state index contributed by atoms with van der Waals surface area (Å²) in [4.78, 5) is 1.28. The fourth-order valence-electron chi connectivity index (χ4n) is 1.92. The number of nitrogens with one attached hydrogen (secondary N) is 1. The molecule has 3 heteroatoms. The van der Waals surface area contributed by atoms with Crippen molar-refractivity contribution in [2.45, 2.75) is 56.5 Å². The van der Waals surface area contributed by atoms with Crippen LogP contribution in [0.1, 0.15) is 44.6 Å².